The van der Waals surface area contributed by atoms with E-state index >= 15 is 0 Å². The van der Waals surface area contributed by atoms with Crippen LogP contribution in [0.4, 0.5) is 5.69 Å². The minimum Gasteiger partial charge on any atom is -0.481 e. The monoisotopic (exact) mass is 290 g/mol. The van der Waals surface area contributed by atoms with Crippen LogP contribution in [0.3, 0.4) is 0 Å². The van der Waals surface area contributed by atoms with Crippen molar-refractivity contribution in [2.75, 3.05) is 12.3 Å². The highest BCUT2D eigenvalue weighted by molar-refractivity contribution is 5.88. The quantitative estimate of drug-likeness (QED) is 0.831. The van der Waals surface area contributed by atoms with E-state index in [1.807, 2.05) is 26.0 Å². The predicted molar refractivity (Wildman–Crippen MR) is 80.9 cm³/mol. The van der Waals surface area contributed by atoms with Crippen molar-refractivity contribution in [3.8, 4) is 0 Å². The van der Waals surface area contributed by atoms with Crippen molar-refractivity contribution < 1.29 is 14.7 Å². The highest BCUT2D eigenvalue weighted by atomic mass is 16.4. The van der Waals surface area contributed by atoms with E-state index in [2.05, 4.69) is 0 Å². The molecule has 114 valence electrons. The second kappa shape index (κ2) is 5.76. The smallest absolute Gasteiger partial charge is 0.305 e. The number of nitrogen functional groups attached to an aromatic ring is 1. The SMILES string of the molecule is CC(C)(C(=O)N1CCCC1CC(=O)O)c1ccc(N)cc1. The van der Waals surface area contributed by atoms with E-state index < -0.39 is 11.4 Å². The molecule has 1 aromatic rings. The first kappa shape index (κ1) is 15.4. The fraction of sp³-hybridized carbons (Fsp3) is 0.500. The van der Waals surface area contributed by atoms with E-state index in [0.717, 1.165) is 18.4 Å². The van der Waals surface area contributed by atoms with Crippen LogP contribution in [0.2, 0.25) is 0 Å². The van der Waals surface area contributed by atoms with Gasteiger partial charge in [-0.05, 0) is 44.4 Å². The third kappa shape index (κ3) is 3.17. The van der Waals surface area contributed by atoms with Crippen LogP contribution in [0.15, 0.2) is 24.3 Å². The number of nitrogens with zero attached hydrogens (tertiary/aromatic N) is 1. The summed E-state index contributed by atoms with van der Waals surface area (Å²) in [6.45, 7) is 4.38. The lowest BCUT2D eigenvalue weighted by Gasteiger charge is -2.33. The van der Waals surface area contributed by atoms with Crippen LogP contribution in [0, 0.1) is 0 Å². The first-order chi connectivity index (χ1) is 9.82. The molecule has 5 nitrogen and oxygen atoms in total. The second-order valence-corrected chi connectivity index (χ2v) is 6.14. The maximum absolute atomic E-state index is 12.8. The van der Waals surface area contributed by atoms with E-state index in [4.69, 9.17) is 10.8 Å². The Morgan fingerprint density at radius 3 is 2.52 bits per heavy atom. The first-order valence-electron chi connectivity index (χ1n) is 7.21. The maximum atomic E-state index is 12.8. The van der Waals surface area contributed by atoms with Gasteiger partial charge in [-0.2, -0.15) is 0 Å². The van der Waals surface area contributed by atoms with Crippen LogP contribution in [0.5, 0.6) is 0 Å². The van der Waals surface area contributed by atoms with Crippen LogP contribution < -0.4 is 5.73 Å². The molecular formula is C16H22N2O3. The van der Waals surface area contributed by atoms with Gasteiger partial charge in [0.1, 0.15) is 0 Å². The molecular weight excluding hydrogens is 268 g/mol. The molecule has 0 radical (unpaired) electrons. The summed E-state index contributed by atoms with van der Waals surface area (Å²) < 4.78 is 0. The minimum atomic E-state index is -0.856. The van der Waals surface area contributed by atoms with E-state index in [9.17, 15) is 9.59 Å². The molecule has 1 unspecified atom stereocenters. The molecule has 1 aromatic carbocycles. The summed E-state index contributed by atoms with van der Waals surface area (Å²) >= 11 is 0. The summed E-state index contributed by atoms with van der Waals surface area (Å²) in [6, 6.07) is 7.08. The zero-order valence-corrected chi connectivity index (χ0v) is 12.5. The fourth-order valence-corrected chi connectivity index (χ4v) is 2.90. The Morgan fingerprint density at radius 2 is 1.95 bits per heavy atom. The summed E-state index contributed by atoms with van der Waals surface area (Å²) in [6.07, 6.45) is 1.64. The van der Waals surface area contributed by atoms with E-state index in [0.29, 0.717) is 12.2 Å². The highest BCUT2D eigenvalue weighted by Gasteiger charge is 2.39. The molecule has 1 saturated heterocycles. The lowest BCUT2D eigenvalue weighted by atomic mass is 9.83. The number of carboxylic acids is 1. The van der Waals surface area contributed by atoms with Gasteiger partial charge in [-0.25, -0.2) is 0 Å². The van der Waals surface area contributed by atoms with Gasteiger partial charge in [0.05, 0.1) is 11.8 Å². The summed E-state index contributed by atoms with van der Waals surface area (Å²) in [5.41, 5.74) is 6.55. The third-order valence-electron chi connectivity index (χ3n) is 4.22. The van der Waals surface area contributed by atoms with Crippen molar-refractivity contribution in [3.63, 3.8) is 0 Å². The van der Waals surface area contributed by atoms with E-state index in [-0.39, 0.29) is 18.4 Å². The topological polar surface area (TPSA) is 83.6 Å². The van der Waals surface area contributed by atoms with Gasteiger partial charge in [-0.1, -0.05) is 12.1 Å². The van der Waals surface area contributed by atoms with Gasteiger partial charge in [-0.3, -0.25) is 9.59 Å². The van der Waals surface area contributed by atoms with Gasteiger partial charge in [0.25, 0.3) is 0 Å². The molecule has 1 amide bonds. The van der Waals surface area contributed by atoms with Crippen molar-refractivity contribution in [3.05, 3.63) is 29.8 Å². The zero-order valence-electron chi connectivity index (χ0n) is 12.5. The lowest BCUT2D eigenvalue weighted by Crippen LogP contribution is -2.46. The number of hydrogen-bond donors (Lipinski definition) is 2. The summed E-state index contributed by atoms with van der Waals surface area (Å²) in [7, 11) is 0. The third-order valence-corrected chi connectivity index (χ3v) is 4.22. The van der Waals surface area contributed by atoms with Crippen molar-refractivity contribution in [1.29, 1.82) is 0 Å². The van der Waals surface area contributed by atoms with Gasteiger partial charge in [-0.15, -0.1) is 0 Å². The number of anilines is 1. The molecule has 1 fully saturated rings. The standard InChI is InChI=1S/C16H22N2O3/c1-16(2,11-5-7-12(17)8-6-11)15(21)18-9-3-4-13(18)10-14(19)20/h5-8,13H,3-4,9-10,17H2,1-2H3,(H,19,20). The Morgan fingerprint density at radius 1 is 1.33 bits per heavy atom. The number of carboxylic acid groups (broad SMARTS) is 1. The number of aliphatic carboxylic acids is 1. The van der Waals surface area contributed by atoms with Crippen LogP contribution in [0.1, 0.15) is 38.7 Å². The number of carbonyl (C=O) groups is 2. The number of nitrogens with two attached hydrogens (primary N) is 1. The number of amides is 1. The number of hydrogen-bond acceptors (Lipinski definition) is 3. The van der Waals surface area contributed by atoms with Crippen LogP contribution in [0.25, 0.3) is 0 Å². The minimum absolute atomic E-state index is 0.0174. The van der Waals surface area contributed by atoms with Gasteiger partial charge >= 0.3 is 5.97 Å². The van der Waals surface area contributed by atoms with Crippen molar-refractivity contribution >= 4 is 17.6 Å². The number of carbonyl (C=O) groups excluding carboxylic acids is 1. The Labute approximate surface area is 124 Å². The average Bonchev–Trinajstić information content (AvgIpc) is 2.85. The molecule has 0 aromatic heterocycles. The maximum Gasteiger partial charge on any atom is 0.305 e. The molecule has 0 bridgehead atoms. The Bertz CT molecular complexity index is 537. The fourth-order valence-electron chi connectivity index (χ4n) is 2.90. The summed E-state index contributed by atoms with van der Waals surface area (Å²) in [4.78, 5) is 25.5. The Hall–Kier alpha value is -2.04. The van der Waals surface area contributed by atoms with Gasteiger partial charge in [0.2, 0.25) is 5.91 Å². The van der Waals surface area contributed by atoms with Gasteiger partial charge < -0.3 is 15.7 Å². The molecule has 1 heterocycles. The van der Waals surface area contributed by atoms with Crippen LogP contribution in [-0.2, 0) is 15.0 Å². The number of likely N-dealkylation sites (tertiary alicyclic amines) is 1. The predicted octanol–water partition coefficient (Wildman–Crippen LogP) is 2.01. The normalized spacial score (nSPS) is 18.8. The first-order valence-corrected chi connectivity index (χ1v) is 7.21. The molecule has 0 aliphatic carbocycles. The molecule has 5 heteroatoms. The van der Waals surface area contributed by atoms with Crippen molar-refractivity contribution in [2.24, 2.45) is 0 Å². The molecule has 0 saturated carbocycles. The Balaban J connectivity index is 2.20. The zero-order chi connectivity index (χ0) is 15.6. The van der Waals surface area contributed by atoms with E-state index in [1.165, 1.54) is 0 Å². The number of rotatable bonds is 4. The molecule has 21 heavy (non-hydrogen) atoms. The Kier molecular flexibility index (Phi) is 4.21. The van der Waals surface area contributed by atoms with Crippen LogP contribution >= 0.6 is 0 Å². The molecule has 0 spiro atoms. The van der Waals surface area contributed by atoms with E-state index in [1.54, 1.807) is 17.0 Å². The van der Waals surface area contributed by atoms with Gasteiger partial charge in [0, 0.05) is 18.3 Å². The average molecular weight is 290 g/mol. The molecule has 3 N–H and O–H groups in total. The highest BCUT2D eigenvalue weighted by Crippen LogP contribution is 2.31. The second-order valence-electron chi connectivity index (χ2n) is 6.14. The van der Waals surface area contributed by atoms with Gasteiger partial charge in [0.15, 0.2) is 0 Å². The summed E-state index contributed by atoms with van der Waals surface area (Å²) in [5, 5.41) is 8.97. The van der Waals surface area contributed by atoms with Crippen molar-refractivity contribution in [1.82, 2.24) is 4.90 Å². The largest absolute Gasteiger partial charge is 0.481 e. The molecule has 1 atom stereocenters. The van der Waals surface area contributed by atoms with Crippen molar-refractivity contribution in [2.45, 2.75) is 44.6 Å². The molecule has 2 rings (SSSR count). The summed E-state index contributed by atoms with van der Waals surface area (Å²) in [5.74, 6) is -0.874. The number of benzene rings is 1. The van der Waals surface area contributed by atoms with Crippen LogP contribution in [-0.4, -0.2) is 34.5 Å². The molecule has 1 aliphatic rings. The lowest BCUT2D eigenvalue weighted by molar-refractivity contribution is -0.141. The molecule has 1 aliphatic heterocycles.